The van der Waals surface area contributed by atoms with Gasteiger partial charge in [0.2, 0.25) is 0 Å². The van der Waals surface area contributed by atoms with Gasteiger partial charge in [-0.05, 0) is 27.9 Å². The first-order chi connectivity index (χ1) is 8.50. The van der Waals surface area contributed by atoms with Gasteiger partial charge in [-0.1, -0.05) is 13.8 Å². The molecule has 0 saturated heterocycles. The Balaban J connectivity index is 2.50. The molecule has 0 atom stereocenters. The minimum atomic E-state index is -1.11. The first kappa shape index (κ1) is 14.9. The number of hydrogen-bond donors (Lipinski definition) is 1. The monoisotopic (exact) mass is 317 g/mol. The van der Waals surface area contributed by atoms with E-state index in [1.807, 2.05) is 0 Å². The largest absolute Gasteiger partial charge is 0.489 e. The van der Waals surface area contributed by atoms with Crippen molar-refractivity contribution in [2.45, 2.75) is 13.8 Å². The van der Waals surface area contributed by atoms with Crippen LogP contribution in [0.25, 0.3) is 0 Å². The fourth-order valence-corrected chi connectivity index (χ4v) is 1.53. The Morgan fingerprint density at radius 3 is 2.83 bits per heavy atom. The molecule has 1 aromatic rings. The average molecular weight is 318 g/mol. The molecule has 0 fully saturated rings. The predicted molar refractivity (Wildman–Crippen MR) is 70.0 cm³/mol. The SMILES string of the molecule is CC(C)COCCOc1cc(Br)cnc1C(=O)O. The van der Waals surface area contributed by atoms with Gasteiger partial charge >= 0.3 is 5.97 Å². The van der Waals surface area contributed by atoms with Gasteiger partial charge < -0.3 is 14.6 Å². The lowest BCUT2D eigenvalue weighted by atomic mass is 10.2. The van der Waals surface area contributed by atoms with Gasteiger partial charge in [0.05, 0.1) is 6.61 Å². The average Bonchev–Trinajstić information content (AvgIpc) is 2.27. The number of carboxylic acids is 1. The van der Waals surface area contributed by atoms with Crippen molar-refractivity contribution in [3.05, 3.63) is 22.4 Å². The first-order valence-corrected chi connectivity index (χ1v) is 6.39. The molecule has 1 aromatic heterocycles. The second-order valence-electron chi connectivity index (χ2n) is 4.12. The van der Waals surface area contributed by atoms with E-state index < -0.39 is 5.97 Å². The number of ether oxygens (including phenoxy) is 2. The molecule has 0 aliphatic rings. The van der Waals surface area contributed by atoms with Gasteiger partial charge in [0, 0.05) is 17.3 Å². The molecule has 6 heteroatoms. The highest BCUT2D eigenvalue weighted by atomic mass is 79.9. The van der Waals surface area contributed by atoms with Crippen LogP contribution in [0.4, 0.5) is 0 Å². The highest BCUT2D eigenvalue weighted by molar-refractivity contribution is 9.10. The van der Waals surface area contributed by atoms with Gasteiger partial charge in [-0.15, -0.1) is 0 Å². The molecule has 0 spiro atoms. The second-order valence-corrected chi connectivity index (χ2v) is 5.04. The molecular formula is C12H16BrNO4. The summed E-state index contributed by atoms with van der Waals surface area (Å²) in [6, 6.07) is 1.58. The third-order valence-corrected chi connectivity index (χ3v) is 2.39. The Hall–Kier alpha value is -1.14. The van der Waals surface area contributed by atoms with E-state index >= 15 is 0 Å². The number of halogens is 1. The third-order valence-electron chi connectivity index (χ3n) is 1.96. The number of aromatic nitrogens is 1. The van der Waals surface area contributed by atoms with Crippen LogP contribution in [-0.4, -0.2) is 35.9 Å². The molecular weight excluding hydrogens is 302 g/mol. The highest BCUT2D eigenvalue weighted by Gasteiger charge is 2.13. The van der Waals surface area contributed by atoms with Crippen LogP contribution in [-0.2, 0) is 4.74 Å². The lowest BCUT2D eigenvalue weighted by molar-refractivity contribution is 0.0670. The Morgan fingerprint density at radius 1 is 1.50 bits per heavy atom. The van der Waals surface area contributed by atoms with Gasteiger partial charge in [-0.2, -0.15) is 0 Å². The van der Waals surface area contributed by atoms with Crippen LogP contribution in [0.5, 0.6) is 5.75 Å². The quantitative estimate of drug-likeness (QED) is 0.783. The van der Waals surface area contributed by atoms with Crippen LogP contribution in [0.15, 0.2) is 16.7 Å². The van der Waals surface area contributed by atoms with E-state index in [1.165, 1.54) is 6.20 Å². The highest BCUT2D eigenvalue weighted by Crippen LogP contribution is 2.21. The van der Waals surface area contributed by atoms with Crippen molar-refractivity contribution < 1.29 is 19.4 Å². The van der Waals surface area contributed by atoms with E-state index in [9.17, 15) is 4.79 Å². The van der Waals surface area contributed by atoms with Crippen molar-refractivity contribution in [1.29, 1.82) is 0 Å². The normalized spacial score (nSPS) is 10.7. The zero-order valence-corrected chi connectivity index (χ0v) is 11.9. The number of pyridine rings is 1. The Kier molecular flexibility index (Phi) is 6.07. The van der Waals surface area contributed by atoms with Crippen molar-refractivity contribution >= 4 is 21.9 Å². The smallest absolute Gasteiger partial charge is 0.358 e. The van der Waals surface area contributed by atoms with E-state index in [0.29, 0.717) is 30.2 Å². The van der Waals surface area contributed by atoms with E-state index in [0.717, 1.165) is 0 Å². The number of nitrogens with zero attached hydrogens (tertiary/aromatic N) is 1. The number of carbonyl (C=O) groups is 1. The third kappa shape index (κ3) is 5.01. The van der Waals surface area contributed by atoms with Gasteiger partial charge in [0.25, 0.3) is 0 Å². The Labute approximate surface area is 114 Å². The standard InChI is InChI=1S/C12H16BrNO4/c1-8(2)7-17-3-4-18-10-5-9(13)6-14-11(10)12(15)16/h5-6,8H,3-4,7H2,1-2H3,(H,15,16). The number of hydrogen-bond acceptors (Lipinski definition) is 4. The summed E-state index contributed by atoms with van der Waals surface area (Å²) in [6.07, 6.45) is 1.42. The summed E-state index contributed by atoms with van der Waals surface area (Å²) < 4.78 is 11.4. The molecule has 0 bridgehead atoms. The van der Waals surface area contributed by atoms with Crippen molar-refractivity contribution in [3.8, 4) is 5.75 Å². The van der Waals surface area contributed by atoms with E-state index in [2.05, 4.69) is 34.8 Å². The number of carboxylic acid groups (broad SMARTS) is 1. The van der Waals surface area contributed by atoms with Crippen LogP contribution in [0, 0.1) is 5.92 Å². The van der Waals surface area contributed by atoms with Gasteiger partial charge in [-0.3, -0.25) is 0 Å². The Bertz CT molecular complexity index is 409. The maximum absolute atomic E-state index is 10.9. The summed E-state index contributed by atoms with van der Waals surface area (Å²) in [6.45, 7) is 5.49. The summed E-state index contributed by atoms with van der Waals surface area (Å²) in [7, 11) is 0. The molecule has 5 nitrogen and oxygen atoms in total. The fourth-order valence-electron chi connectivity index (χ4n) is 1.22. The summed E-state index contributed by atoms with van der Waals surface area (Å²) >= 11 is 3.22. The number of rotatable bonds is 7. The summed E-state index contributed by atoms with van der Waals surface area (Å²) in [5.74, 6) is -0.405. The lowest BCUT2D eigenvalue weighted by Gasteiger charge is -2.10. The zero-order chi connectivity index (χ0) is 13.5. The van der Waals surface area contributed by atoms with Crippen LogP contribution in [0.2, 0.25) is 0 Å². The van der Waals surface area contributed by atoms with Crippen molar-refractivity contribution in [3.63, 3.8) is 0 Å². The minimum absolute atomic E-state index is 0.0953. The number of aromatic carboxylic acids is 1. The minimum Gasteiger partial charge on any atom is -0.489 e. The molecule has 0 radical (unpaired) electrons. The summed E-state index contributed by atoms with van der Waals surface area (Å²) in [5, 5.41) is 8.94. The molecule has 100 valence electrons. The molecule has 0 aromatic carbocycles. The molecule has 0 amide bonds. The van der Waals surface area contributed by atoms with Gasteiger partial charge in [-0.25, -0.2) is 9.78 Å². The van der Waals surface area contributed by atoms with Crippen molar-refractivity contribution in [2.75, 3.05) is 19.8 Å². The Morgan fingerprint density at radius 2 is 2.22 bits per heavy atom. The van der Waals surface area contributed by atoms with E-state index in [-0.39, 0.29) is 11.4 Å². The first-order valence-electron chi connectivity index (χ1n) is 5.60. The van der Waals surface area contributed by atoms with E-state index in [4.69, 9.17) is 14.6 Å². The topological polar surface area (TPSA) is 68.7 Å². The van der Waals surface area contributed by atoms with Gasteiger partial charge in [0.15, 0.2) is 11.4 Å². The summed E-state index contributed by atoms with van der Waals surface area (Å²) in [4.78, 5) is 14.7. The molecule has 0 aliphatic carbocycles. The molecule has 1 rings (SSSR count). The van der Waals surface area contributed by atoms with Gasteiger partial charge in [0.1, 0.15) is 6.61 Å². The van der Waals surface area contributed by atoms with Crippen LogP contribution in [0.1, 0.15) is 24.3 Å². The van der Waals surface area contributed by atoms with Crippen molar-refractivity contribution in [2.24, 2.45) is 5.92 Å². The molecule has 0 aliphatic heterocycles. The van der Waals surface area contributed by atoms with Crippen LogP contribution >= 0.6 is 15.9 Å². The van der Waals surface area contributed by atoms with Crippen LogP contribution in [0.3, 0.4) is 0 Å². The fraction of sp³-hybridized carbons (Fsp3) is 0.500. The lowest BCUT2D eigenvalue weighted by Crippen LogP contribution is -2.12. The van der Waals surface area contributed by atoms with Crippen molar-refractivity contribution in [1.82, 2.24) is 4.98 Å². The van der Waals surface area contributed by atoms with Crippen LogP contribution < -0.4 is 4.74 Å². The molecule has 0 saturated carbocycles. The maximum Gasteiger partial charge on any atom is 0.358 e. The zero-order valence-electron chi connectivity index (χ0n) is 10.4. The second kappa shape index (κ2) is 7.33. The molecule has 18 heavy (non-hydrogen) atoms. The maximum atomic E-state index is 10.9. The summed E-state index contributed by atoms with van der Waals surface area (Å²) in [5.41, 5.74) is -0.0953. The van der Waals surface area contributed by atoms with E-state index in [1.54, 1.807) is 6.07 Å². The molecule has 1 N–H and O–H groups in total. The molecule has 1 heterocycles. The predicted octanol–water partition coefficient (Wildman–Crippen LogP) is 2.59. The molecule has 0 unspecified atom stereocenters.